The van der Waals surface area contributed by atoms with Crippen LogP contribution in [-0.2, 0) is 6.42 Å². The van der Waals surface area contributed by atoms with Crippen LogP contribution in [0.5, 0.6) is 0 Å². The fourth-order valence-electron chi connectivity index (χ4n) is 1.89. The van der Waals surface area contributed by atoms with Gasteiger partial charge in [0.1, 0.15) is 5.82 Å². The van der Waals surface area contributed by atoms with Gasteiger partial charge in [-0.2, -0.15) is 11.3 Å². The number of hydrogen-bond donors (Lipinski definition) is 2. The summed E-state index contributed by atoms with van der Waals surface area (Å²) in [5.74, 6) is 5.37. The first kappa shape index (κ1) is 13.7. The number of hydrogen-bond acceptors (Lipinski definition) is 3. The Hall–Kier alpha value is -0.750. The summed E-state index contributed by atoms with van der Waals surface area (Å²) in [4.78, 5) is 0. The van der Waals surface area contributed by atoms with E-state index < -0.39 is 0 Å². The van der Waals surface area contributed by atoms with Gasteiger partial charge in [-0.25, -0.2) is 4.39 Å². The lowest BCUT2D eigenvalue weighted by atomic mass is 9.99. The molecule has 2 nitrogen and oxygen atoms in total. The monoisotopic (exact) mass is 328 g/mol. The van der Waals surface area contributed by atoms with Gasteiger partial charge in [0, 0.05) is 0 Å². The number of hydrazine groups is 1. The summed E-state index contributed by atoms with van der Waals surface area (Å²) in [7, 11) is 0. The van der Waals surface area contributed by atoms with E-state index in [1.807, 2.05) is 0 Å². The Labute approximate surface area is 118 Å². The predicted molar refractivity (Wildman–Crippen MR) is 76.9 cm³/mol. The fraction of sp³-hybridized carbons (Fsp3) is 0.231. The van der Waals surface area contributed by atoms with Crippen molar-refractivity contribution in [2.45, 2.75) is 19.4 Å². The largest absolute Gasteiger partial charge is 0.271 e. The Morgan fingerprint density at radius 2 is 2.22 bits per heavy atom. The third-order valence-corrected chi connectivity index (χ3v) is 4.38. The van der Waals surface area contributed by atoms with E-state index in [-0.39, 0.29) is 11.9 Å². The first-order chi connectivity index (χ1) is 8.61. The molecular weight excluding hydrogens is 315 g/mol. The molecule has 1 atom stereocenters. The van der Waals surface area contributed by atoms with Crippen molar-refractivity contribution >= 4 is 27.3 Å². The van der Waals surface area contributed by atoms with E-state index in [0.717, 1.165) is 12.0 Å². The summed E-state index contributed by atoms with van der Waals surface area (Å²) in [6.07, 6.45) is 0.729. The van der Waals surface area contributed by atoms with Gasteiger partial charge in [0.05, 0.1) is 10.5 Å². The first-order valence-electron chi connectivity index (χ1n) is 5.54. The minimum Gasteiger partial charge on any atom is -0.271 e. The van der Waals surface area contributed by atoms with Gasteiger partial charge in [-0.15, -0.1) is 0 Å². The van der Waals surface area contributed by atoms with Crippen LogP contribution in [0.2, 0.25) is 0 Å². The zero-order valence-electron chi connectivity index (χ0n) is 9.91. The van der Waals surface area contributed by atoms with Crippen LogP contribution in [0.15, 0.2) is 33.4 Å². The molecule has 0 fully saturated rings. The van der Waals surface area contributed by atoms with Crippen LogP contribution in [0.4, 0.5) is 4.39 Å². The molecule has 0 spiro atoms. The molecule has 0 amide bonds. The van der Waals surface area contributed by atoms with Gasteiger partial charge >= 0.3 is 0 Å². The topological polar surface area (TPSA) is 38.0 Å². The standard InChI is InChI=1S/C13H14BrFN2S/c1-8-6-18-7-10(8)13(17-16)5-9-2-3-12(15)11(14)4-9/h2-4,6-7,13,17H,5,16H2,1H3. The Morgan fingerprint density at radius 1 is 1.44 bits per heavy atom. The number of rotatable bonds is 4. The maximum Gasteiger partial charge on any atom is 0.137 e. The number of halogens is 2. The van der Waals surface area contributed by atoms with E-state index in [1.54, 1.807) is 23.5 Å². The zero-order chi connectivity index (χ0) is 13.1. The number of aryl methyl sites for hydroxylation is 1. The Morgan fingerprint density at radius 3 is 2.78 bits per heavy atom. The van der Waals surface area contributed by atoms with Crippen molar-refractivity contribution in [3.63, 3.8) is 0 Å². The van der Waals surface area contributed by atoms with Crippen LogP contribution in [0, 0.1) is 12.7 Å². The van der Waals surface area contributed by atoms with Gasteiger partial charge in [-0.3, -0.25) is 11.3 Å². The summed E-state index contributed by atoms with van der Waals surface area (Å²) >= 11 is 4.86. The molecule has 0 saturated heterocycles. The van der Waals surface area contributed by atoms with E-state index in [2.05, 4.69) is 39.0 Å². The van der Waals surface area contributed by atoms with E-state index in [1.165, 1.54) is 17.2 Å². The normalized spacial score (nSPS) is 12.7. The highest BCUT2D eigenvalue weighted by molar-refractivity contribution is 9.10. The summed E-state index contributed by atoms with van der Waals surface area (Å²) in [6, 6.07) is 5.09. The quantitative estimate of drug-likeness (QED) is 0.663. The van der Waals surface area contributed by atoms with Crippen molar-refractivity contribution in [2.75, 3.05) is 0 Å². The Balaban J connectivity index is 2.20. The van der Waals surface area contributed by atoms with Crippen LogP contribution < -0.4 is 11.3 Å². The van der Waals surface area contributed by atoms with E-state index >= 15 is 0 Å². The molecule has 3 N–H and O–H groups in total. The minimum absolute atomic E-state index is 0.0496. The van der Waals surface area contributed by atoms with Crippen molar-refractivity contribution in [1.82, 2.24) is 5.43 Å². The molecule has 2 aromatic rings. The van der Waals surface area contributed by atoms with Gasteiger partial charge in [0.25, 0.3) is 0 Å². The number of nitrogens with one attached hydrogen (secondary N) is 1. The van der Waals surface area contributed by atoms with Gasteiger partial charge in [-0.1, -0.05) is 6.07 Å². The van der Waals surface area contributed by atoms with E-state index in [4.69, 9.17) is 5.84 Å². The van der Waals surface area contributed by atoms with Gasteiger partial charge in [-0.05, 0) is 68.9 Å². The van der Waals surface area contributed by atoms with Gasteiger partial charge in [0.15, 0.2) is 0 Å². The average molecular weight is 329 g/mol. The molecule has 1 unspecified atom stereocenters. The number of thiophene rings is 1. The van der Waals surface area contributed by atoms with Crippen molar-refractivity contribution in [3.05, 3.63) is 55.9 Å². The molecule has 0 aliphatic carbocycles. The first-order valence-corrected chi connectivity index (χ1v) is 7.28. The second kappa shape index (κ2) is 5.93. The zero-order valence-corrected chi connectivity index (χ0v) is 12.3. The fourth-order valence-corrected chi connectivity index (χ4v) is 3.22. The minimum atomic E-state index is -0.247. The van der Waals surface area contributed by atoms with Crippen molar-refractivity contribution < 1.29 is 4.39 Å². The van der Waals surface area contributed by atoms with Crippen LogP contribution in [0.3, 0.4) is 0 Å². The lowest BCUT2D eigenvalue weighted by molar-refractivity contribution is 0.549. The van der Waals surface area contributed by atoms with E-state index in [0.29, 0.717) is 4.47 Å². The van der Waals surface area contributed by atoms with Crippen LogP contribution in [0.1, 0.15) is 22.7 Å². The highest BCUT2D eigenvalue weighted by atomic mass is 79.9. The maximum absolute atomic E-state index is 13.2. The molecule has 96 valence electrons. The van der Waals surface area contributed by atoms with Crippen molar-refractivity contribution in [3.8, 4) is 0 Å². The van der Waals surface area contributed by atoms with E-state index in [9.17, 15) is 4.39 Å². The molecule has 0 radical (unpaired) electrons. The second-order valence-corrected chi connectivity index (χ2v) is 5.78. The lowest BCUT2D eigenvalue weighted by Crippen LogP contribution is -2.29. The summed E-state index contributed by atoms with van der Waals surface area (Å²) in [5, 5.41) is 4.19. The molecule has 0 saturated carbocycles. The third kappa shape index (κ3) is 2.98. The highest BCUT2D eigenvalue weighted by Crippen LogP contribution is 2.26. The molecule has 1 aromatic heterocycles. The van der Waals surface area contributed by atoms with Crippen LogP contribution in [0.25, 0.3) is 0 Å². The maximum atomic E-state index is 13.2. The molecular formula is C13H14BrFN2S. The molecule has 1 heterocycles. The molecule has 1 aromatic carbocycles. The Kier molecular flexibility index (Phi) is 4.50. The molecule has 0 aliphatic heterocycles. The highest BCUT2D eigenvalue weighted by Gasteiger charge is 2.14. The smallest absolute Gasteiger partial charge is 0.137 e. The van der Waals surface area contributed by atoms with Crippen molar-refractivity contribution in [2.24, 2.45) is 5.84 Å². The summed E-state index contributed by atoms with van der Waals surface area (Å²) in [6.45, 7) is 2.07. The van der Waals surface area contributed by atoms with Crippen molar-refractivity contribution in [1.29, 1.82) is 0 Å². The van der Waals surface area contributed by atoms with Gasteiger partial charge < -0.3 is 0 Å². The van der Waals surface area contributed by atoms with Crippen LogP contribution in [-0.4, -0.2) is 0 Å². The van der Waals surface area contributed by atoms with Crippen LogP contribution >= 0.6 is 27.3 Å². The molecule has 5 heteroatoms. The summed E-state index contributed by atoms with van der Waals surface area (Å²) < 4.78 is 13.7. The summed E-state index contributed by atoms with van der Waals surface area (Å²) in [5.41, 5.74) is 6.29. The Bertz CT molecular complexity index is 542. The SMILES string of the molecule is Cc1cscc1C(Cc1ccc(F)c(Br)c1)NN. The lowest BCUT2D eigenvalue weighted by Gasteiger charge is -2.16. The average Bonchev–Trinajstić information content (AvgIpc) is 2.77. The predicted octanol–water partition coefficient (Wildman–Crippen LogP) is 3.71. The molecule has 0 aliphatic rings. The number of benzene rings is 1. The molecule has 0 bridgehead atoms. The second-order valence-electron chi connectivity index (χ2n) is 4.18. The number of nitrogens with two attached hydrogens (primary N) is 1. The molecule has 18 heavy (non-hydrogen) atoms. The van der Waals surface area contributed by atoms with Gasteiger partial charge in [0.2, 0.25) is 0 Å². The third-order valence-electron chi connectivity index (χ3n) is 2.90. The molecule has 2 rings (SSSR count).